The third-order valence-corrected chi connectivity index (χ3v) is 16.1. The number of rotatable bonds is 31. The topological polar surface area (TPSA) is 284 Å². The predicted molar refractivity (Wildman–Crippen MR) is 315 cm³/mol. The van der Waals surface area contributed by atoms with Crippen molar-refractivity contribution in [3.63, 3.8) is 0 Å². The maximum atomic E-state index is 14.0. The Morgan fingerprint density at radius 3 is 2.25 bits per heavy atom. The number of ketones is 2. The molecule has 4 heterocycles. The number of benzene rings is 1. The summed E-state index contributed by atoms with van der Waals surface area (Å²) in [5.74, 6) is -2.60. The second-order valence-corrected chi connectivity index (χ2v) is 23.6. The van der Waals surface area contributed by atoms with E-state index in [0.29, 0.717) is 81.2 Å². The van der Waals surface area contributed by atoms with Gasteiger partial charge in [-0.05, 0) is 108 Å². The Bertz CT molecular complexity index is 2460. The third kappa shape index (κ3) is 23.9. The molecule has 1 unspecified atom stereocenters. The van der Waals surface area contributed by atoms with Crippen molar-refractivity contribution in [3.8, 4) is 0 Å². The SMILES string of the molecule is CC(=O)O[C@@H](C)/C=C\C(=O)N[C@@H]1C[C@H](C)[C@H](C/C=C(C)/C=C/C2C[C@]3(CO3)C[C@@H](CC(=O)N3CCCCN3C(=O)OCc3ccc(NC(=O)[C@H](CCCNC(N)=O)CC(=O)[C@@H](NC(=O)CCCCCCC(=O)CBr)C(C)C)cc3)O2)O[C@@H]1C. The van der Waals surface area contributed by atoms with E-state index in [2.05, 4.69) is 50.2 Å². The van der Waals surface area contributed by atoms with E-state index >= 15 is 0 Å². The second-order valence-electron chi connectivity index (χ2n) is 23.1. The molecule has 0 aliphatic carbocycles. The zero-order chi connectivity index (χ0) is 60.6. The Labute approximate surface area is 497 Å². The summed E-state index contributed by atoms with van der Waals surface area (Å²) in [5, 5.41) is 14.5. The number of allylic oxidation sites excluding steroid dienone is 2. The fraction of sp³-hybridized carbons (Fsp3) is 0.656. The largest absolute Gasteiger partial charge is 0.459 e. The van der Waals surface area contributed by atoms with Crippen molar-refractivity contribution in [3.05, 3.63) is 65.8 Å². The molecule has 0 aromatic heterocycles. The average Bonchev–Trinajstić information content (AvgIpc) is 4.33. The number of nitrogens with zero attached hydrogens (tertiary/aromatic N) is 2. The quantitative estimate of drug-likeness (QED) is 0.0118. The highest BCUT2D eigenvalue weighted by molar-refractivity contribution is 9.09. The summed E-state index contributed by atoms with van der Waals surface area (Å²) in [6.07, 6.45) is 15.3. The van der Waals surface area contributed by atoms with E-state index in [4.69, 9.17) is 29.4 Å². The number of esters is 1. The number of epoxide rings is 1. The number of hydrogen-bond acceptors (Lipinski definition) is 14. The highest BCUT2D eigenvalue weighted by atomic mass is 79.9. The molecule has 0 bridgehead atoms. The fourth-order valence-corrected chi connectivity index (χ4v) is 11.0. The van der Waals surface area contributed by atoms with Crippen LogP contribution in [0, 0.1) is 17.8 Å². The Kier molecular flexibility index (Phi) is 27.9. The first-order valence-corrected chi connectivity index (χ1v) is 30.7. The molecular weight excluding hydrogens is 1130 g/mol. The Morgan fingerprint density at radius 1 is 0.892 bits per heavy atom. The molecule has 10 atom stereocenters. The number of hydrazine groups is 1. The van der Waals surface area contributed by atoms with Gasteiger partial charge in [-0.2, -0.15) is 0 Å². The van der Waals surface area contributed by atoms with Crippen LogP contribution in [0.4, 0.5) is 15.3 Å². The first-order valence-electron chi connectivity index (χ1n) is 29.6. The van der Waals surface area contributed by atoms with Gasteiger partial charge in [-0.25, -0.2) is 19.6 Å². The lowest BCUT2D eigenvalue weighted by molar-refractivity contribution is -0.155. The van der Waals surface area contributed by atoms with Gasteiger partial charge in [0.1, 0.15) is 18.5 Å². The van der Waals surface area contributed by atoms with E-state index in [1.807, 2.05) is 39.8 Å². The molecule has 4 fully saturated rings. The number of hydrogen-bond donors (Lipinski definition) is 5. The van der Waals surface area contributed by atoms with E-state index in [1.165, 1.54) is 23.0 Å². The number of urea groups is 1. The number of carbonyl (C=O) groups is 9. The molecule has 1 aromatic carbocycles. The van der Waals surface area contributed by atoms with Crippen LogP contribution < -0.4 is 27.0 Å². The van der Waals surface area contributed by atoms with Gasteiger partial charge in [-0.15, -0.1) is 0 Å². The van der Waals surface area contributed by atoms with Gasteiger partial charge in [0, 0.05) is 76.3 Å². The van der Waals surface area contributed by atoms with Crippen molar-refractivity contribution in [1.29, 1.82) is 0 Å². The molecule has 1 spiro atoms. The maximum Gasteiger partial charge on any atom is 0.429 e. The number of anilines is 1. The summed E-state index contributed by atoms with van der Waals surface area (Å²) in [6.45, 7) is 14.1. The number of alkyl halides is 1. The molecule has 4 saturated heterocycles. The van der Waals surface area contributed by atoms with Crippen LogP contribution in [0.1, 0.15) is 157 Å². The van der Waals surface area contributed by atoms with Crippen LogP contribution in [-0.4, -0.2) is 143 Å². The summed E-state index contributed by atoms with van der Waals surface area (Å²) in [6, 6.07) is 5.06. The van der Waals surface area contributed by atoms with Crippen LogP contribution in [0.25, 0.3) is 0 Å². The van der Waals surface area contributed by atoms with Crippen molar-refractivity contribution in [1.82, 2.24) is 26.0 Å². The summed E-state index contributed by atoms with van der Waals surface area (Å²) in [5.41, 5.74) is 6.99. The molecule has 460 valence electrons. The van der Waals surface area contributed by atoms with Gasteiger partial charge in [0.25, 0.3) is 0 Å². The number of ether oxygens (including phenoxy) is 5. The number of amides is 7. The molecule has 1 aromatic rings. The highest BCUT2D eigenvalue weighted by Crippen LogP contribution is 2.43. The number of nitrogens with one attached hydrogen (secondary N) is 4. The highest BCUT2D eigenvalue weighted by Gasteiger charge is 2.52. The molecule has 4 aliphatic rings. The number of nitrogens with two attached hydrogens (primary N) is 1. The van der Waals surface area contributed by atoms with Gasteiger partial charge in [0.05, 0.1) is 60.5 Å². The van der Waals surface area contributed by atoms with E-state index in [1.54, 1.807) is 37.3 Å². The molecule has 4 aliphatic heterocycles. The molecule has 7 amide bonds. The molecule has 6 N–H and O–H groups in total. The molecule has 0 saturated carbocycles. The van der Waals surface area contributed by atoms with Gasteiger partial charge >= 0.3 is 18.1 Å². The van der Waals surface area contributed by atoms with Crippen LogP contribution in [0.5, 0.6) is 0 Å². The fourth-order valence-electron chi connectivity index (χ4n) is 10.7. The Balaban J connectivity index is 1.09. The van der Waals surface area contributed by atoms with Crippen molar-refractivity contribution in [2.45, 2.75) is 206 Å². The minimum absolute atomic E-state index is 0.0381. The van der Waals surface area contributed by atoms with Gasteiger partial charge in [-0.3, -0.25) is 33.6 Å². The Morgan fingerprint density at radius 2 is 1.59 bits per heavy atom. The van der Waals surface area contributed by atoms with E-state index in [9.17, 15) is 43.2 Å². The second kappa shape index (κ2) is 34.1. The van der Waals surface area contributed by atoms with Crippen LogP contribution in [-0.2, 0) is 63.9 Å². The van der Waals surface area contributed by atoms with Gasteiger partial charge in [0.2, 0.25) is 23.6 Å². The van der Waals surface area contributed by atoms with Crippen molar-refractivity contribution >= 4 is 74.9 Å². The first-order chi connectivity index (χ1) is 39.5. The van der Waals surface area contributed by atoms with Crippen molar-refractivity contribution < 1.29 is 66.8 Å². The smallest absolute Gasteiger partial charge is 0.429 e. The summed E-state index contributed by atoms with van der Waals surface area (Å²) in [4.78, 5) is 115. The van der Waals surface area contributed by atoms with Gasteiger partial charge in [0.15, 0.2) is 5.78 Å². The zero-order valence-corrected chi connectivity index (χ0v) is 51.2. The van der Waals surface area contributed by atoms with Gasteiger partial charge in [-0.1, -0.05) is 85.5 Å². The van der Waals surface area contributed by atoms with Crippen molar-refractivity contribution in [2.24, 2.45) is 23.5 Å². The van der Waals surface area contributed by atoms with E-state index < -0.39 is 48.2 Å². The van der Waals surface area contributed by atoms with Crippen LogP contribution in [0.15, 0.2) is 60.2 Å². The summed E-state index contributed by atoms with van der Waals surface area (Å²) >= 11 is 3.17. The standard InChI is InChI=1S/C61H90BrN7O14/c1-39(2)57(67-54(73)17-11-9-8-10-16-48(71)36-62)52(72)32-46(15-14-28-64-59(63)77)58(76)65-47-23-21-45(22-24-47)37-79-60(78)69-30-13-12-29-68(69)56(75)33-50-35-61(38-80-61)34-49(83-50)25-18-40(3)19-26-53-41(4)31-51(43(6)82-53)66-55(74)27-20-42(5)81-44(7)70/h18-25,27,39,41-43,46,49-51,53,57H,8-17,26,28-38H2,1-7H3,(H,65,76)(H,66,74)(H,67,73)(H3,63,64,77)/b25-18+,27-20-,40-19+/t41-,42-,43+,46+,49?,50+,51+,53-,57-,61+/m0/s1. The predicted octanol–water partition coefficient (Wildman–Crippen LogP) is 7.98. The lowest BCUT2D eigenvalue weighted by atomic mass is 9.88. The average molecular weight is 1230 g/mol. The molecule has 0 radical (unpaired) electrons. The monoisotopic (exact) mass is 1220 g/mol. The molecule has 5 rings (SSSR count). The van der Waals surface area contributed by atoms with Crippen LogP contribution in [0.3, 0.4) is 0 Å². The third-order valence-electron chi connectivity index (χ3n) is 15.5. The van der Waals surface area contributed by atoms with Gasteiger partial charge < -0.3 is 50.7 Å². The van der Waals surface area contributed by atoms with Crippen LogP contribution in [0.2, 0.25) is 0 Å². The first kappa shape index (κ1) is 67.8. The van der Waals surface area contributed by atoms with Crippen molar-refractivity contribution in [2.75, 3.05) is 36.9 Å². The molecule has 22 heteroatoms. The van der Waals surface area contributed by atoms with E-state index in [0.717, 1.165) is 37.7 Å². The lowest BCUT2D eigenvalue weighted by Crippen LogP contribution is -2.54. The lowest BCUT2D eigenvalue weighted by Gasteiger charge is -2.39. The molecule has 21 nitrogen and oxygen atoms in total. The number of primary amides is 1. The normalized spacial score (nSPS) is 23.7. The number of halogens is 1. The number of unbranched alkanes of at least 4 members (excludes halogenated alkanes) is 3. The summed E-state index contributed by atoms with van der Waals surface area (Å²) < 4.78 is 29.6. The molecular formula is C61H90BrN7O14. The zero-order valence-electron chi connectivity index (χ0n) is 49.6. The minimum atomic E-state index is -0.808. The van der Waals surface area contributed by atoms with Crippen LogP contribution >= 0.6 is 15.9 Å². The maximum absolute atomic E-state index is 14.0. The number of Topliss-reactive ketones (excluding diaryl/α,β-unsaturated/α-hetero) is 2. The Hall–Kier alpha value is -5.97. The molecule has 83 heavy (non-hydrogen) atoms. The minimum Gasteiger partial charge on any atom is -0.459 e. The summed E-state index contributed by atoms with van der Waals surface area (Å²) in [7, 11) is 0. The van der Waals surface area contributed by atoms with E-state index in [-0.39, 0.29) is 110 Å². The number of carbonyl (C=O) groups excluding carboxylic acids is 9.